The summed E-state index contributed by atoms with van der Waals surface area (Å²) in [5, 5.41) is 2.95. The number of aryl methyl sites for hydroxylation is 1. The molecule has 0 atom stereocenters. The van der Waals surface area contributed by atoms with Crippen molar-refractivity contribution in [3.63, 3.8) is 0 Å². The summed E-state index contributed by atoms with van der Waals surface area (Å²) in [7, 11) is 0. The van der Waals surface area contributed by atoms with E-state index in [9.17, 15) is 0 Å². The molecule has 0 nitrogen and oxygen atoms in total. The van der Waals surface area contributed by atoms with Crippen molar-refractivity contribution < 1.29 is 25.8 Å². The molecule has 29 heavy (non-hydrogen) atoms. The smallest absolute Gasteiger partial charge is 0 e. The van der Waals surface area contributed by atoms with Crippen LogP contribution in [0.1, 0.15) is 50.3 Å². The van der Waals surface area contributed by atoms with Gasteiger partial charge in [0.1, 0.15) is 0 Å². The molecule has 0 bridgehead atoms. The molecule has 1 aliphatic rings. The number of benzene rings is 1. The summed E-state index contributed by atoms with van der Waals surface area (Å²) >= 11 is 0. The first kappa shape index (κ1) is 35.5. The predicted molar refractivity (Wildman–Crippen MR) is 133 cm³/mol. The van der Waals surface area contributed by atoms with E-state index in [1.54, 1.807) is 11.1 Å². The molecule has 0 unspecified atom stereocenters. The molecule has 1 aliphatic carbocycles. The molecule has 4 rings (SSSR count). The molecular formula is C28H43Hf-7. The van der Waals surface area contributed by atoms with E-state index in [0.717, 1.165) is 6.42 Å². The molecule has 3 aromatic carbocycles. The van der Waals surface area contributed by atoms with Gasteiger partial charge in [-0.2, -0.15) is 24.3 Å². The Bertz CT molecular complexity index is 725. The minimum Gasteiger partial charge on any atom is -0.358 e. The van der Waals surface area contributed by atoms with Crippen molar-refractivity contribution in [2.75, 3.05) is 0 Å². The molecule has 0 spiro atoms. The van der Waals surface area contributed by atoms with Crippen molar-refractivity contribution in [1.82, 2.24) is 0 Å². The molecular weight excluding hydrogens is 515 g/mol. The molecule has 1 heteroatoms. The number of hydrogen-bond acceptors (Lipinski definition) is 0. The molecule has 166 valence electrons. The zero-order valence-corrected chi connectivity index (χ0v) is 23.8. The standard InChI is InChI=1S/C18H23.C5H5.5CH3.Hf/c1-4-13-7-8-14-9-15-11-18(5-2,6-3)12-16(15)10-17(13)14;1-2-4-5-3-1;;;;;;/h7-10H,4-6,11-12H2,1-3H3;1-5H;5*1H3;/q7*-1;. The second-order valence-electron chi connectivity index (χ2n) is 6.94. The van der Waals surface area contributed by atoms with E-state index in [-0.39, 0.29) is 63.0 Å². The SMILES string of the molecule is CC[c-]1ccc2cc3c(cc21)CC(CC)(CC)C3.[CH3-].[CH3-].[CH3-].[CH3-].[CH3-].[Hf].c1cc[cH-]c1. The van der Waals surface area contributed by atoms with Crippen LogP contribution in [-0.4, -0.2) is 0 Å². The van der Waals surface area contributed by atoms with Crippen LogP contribution in [0.2, 0.25) is 0 Å². The molecule has 0 heterocycles. The third-order valence-electron chi connectivity index (χ3n) is 5.75. The van der Waals surface area contributed by atoms with Gasteiger partial charge in [0.05, 0.1) is 0 Å². The molecule has 0 radical (unpaired) electrons. The number of fused-ring (bicyclic) bond motifs is 2. The van der Waals surface area contributed by atoms with Crippen LogP contribution in [0.25, 0.3) is 10.8 Å². The topological polar surface area (TPSA) is 0 Å². The van der Waals surface area contributed by atoms with Crippen LogP contribution >= 0.6 is 0 Å². The fourth-order valence-corrected chi connectivity index (χ4v) is 3.98. The van der Waals surface area contributed by atoms with Crippen molar-refractivity contribution in [2.24, 2.45) is 5.41 Å². The van der Waals surface area contributed by atoms with Gasteiger partial charge in [-0.3, -0.25) is 0 Å². The Labute approximate surface area is 202 Å². The monoisotopic (exact) mass is 559 g/mol. The van der Waals surface area contributed by atoms with E-state index in [4.69, 9.17) is 0 Å². The zero-order valence-electron chi connectivity index (χ0n) is 20.2. The molecule has 0 aromatic heterocycles. The Kier molecular flexibility index (Phi) is 19.4. The first-order valence-corrected chi connectivity index (χ1v) is 9.08. The Morgan fingerprint density at radius 2 is 1.38 bits per heavy atom. The summed E-state index contributed by atoms with van der Waals surface area (Å²) in [6.45, 7) is 6.96. The summed E-state index contributed by atoms with van der Waals surface area (Å²) in [5.41, 5.74) is 5.29. The van der Waals surface area contributed by atoms with E-state index >= 15 is 0 Å². The average Bonchev–Trinajstić information content (AvgIpc) is 3.32. The van der Waals surface area contributed by atoms with E-state index in [1.165, 1.54) is 42.0 Å². The number of rotatable bonds is 3. The minimum absolute atomic E-state index is 0. The summed E-state index contributed by atoms with van der Waals surface area (Å²) in [6, 6.07) is 19.5. The van der Waals surface area contributed by atoms with Gasteiger partial charge in [-0.15, -0.1) is 34.5 Å². The van der Waals surface area contributed by atoms with E-state index in [1.807, 2.05) is 30.3 Å². The molecule has 0 fully saturated rings. The average molecular weight is 558 g/mol. The van der Waals surface area contributed by atoms with Crippen molar-refractivity contribution in [2.45, 2.75) is 52.9 Å². The van der Waals surface area contributed by atoms with Crippen molar-refractivity contribution in [1.29, 1.82) is 0 Å². The third-order valence-corrected chi connectivity index (χ3v) is 5.75. The second-order valence-corrected chi connectivity index (χ2v) is 6.94. The van der Waals surface area contributed by atoms with Crippen LogP contribution in [0.15, 0.2) is 54.6 Å². The van der Waals surface area contributed by atoms with Gasteiger partial charge in [0.15, 0.2) is 0 Å². The summed E-state index contributed by atoms with van der Waals surface area (Å²) in [6.07, 6.45) is 6.35. The Morgan fingerprint density at radius 3 is 1.79 bits per heavy atom. The zero-order chi connectivity index (χ0) is 16.3. The van der Waals surface area contributed by atoms with Gasteiger partial charge in [0, 0.05) is 25.8 Å². The number of hydrogen-bond donors (Lipinski definition) is 0. The fraction of sp³-hybridized carbons (Fsp3) is 0.321. The van der Waals surface area contributed by atoms with Crippen molar-refractivity contribution >= 4 is 10.8 Å². The van der Waals surface area contributed by atoms with Gasteiger partial charge in [0.2, 0.25) is 0 Å². The first-order chi connectivity index (χ1) is 11.2. The van der Waals surface area contributed by atoms with Gasteiger partial charge >= 0.3 is 0 Å². The quantitative estimate of drug-likeness (QED) is 0.223. The van der Waals surface area contributed by atoms with Crippen LogP contribution in [0.3, 0.4) is 0 Å². The third kappa shape index (κ3) is 7.67. The van der Waals surface area contributed by atoms with Crippen LogP contribution in [0.5, 0.6) is 0 Å². The van der Waals surface area contributed by atoms with Crippen molar-refractivity contribution in [3.05, 3.63) is 108 Å². The summed E-state index contributed by atoms with van der Waals surface area (Å²) in [4.78, 5) is 0. The van der Waals surface area contributed by atoms with Crippen LogP contribution in [0, 0.1) is 42.5 Å². The van der Waals surface area contributed by atoms with Gasteiger partial charge in [-0.25, -0.2) is 12.1 Å². The Morgan fingerprint density at radius 1 is 0.862 bits per heavy atom. The Balaban J connectivity index is -0.000000253. The molecule has 0 N–H and O–H groups in total. The van der Waals surface area contributed by atoms with E-state index in [2.05, 4.69) is 45.0 Å². The normalized spacial score (nSPS) is 12.1. The predicted octanol–water partition coefficient (Wildman–Crippen LogP) is 8.68. The van der Waals surface area contributed by atoms with E-state index in [0.29, 0.717) is 5.41 Å². The van der Waals surface area contributed by atoms with Gasteiger partial charge in [0.25, 0.3) is 0 Å². The van der Waals surface area contributed by atoms with Gasteiger partial charge < -0.3 is 37.1 Å². The largest absolute Gasteiger partial charge is 0.358 e. The first-order valence-electron chi connectivity index (χ1n) is 9.08. The van der Waals surface area contributed by atoms with Gasteiger partial charge in [-0.1, -0.05) is 38.3 Å². The van der Waals surface area contributed by atoms with E-state index < -0.39 is 0 Å². The molecule has 3 aromatic rings. The fourth-order valence-electron chi connectivity index (χ4n) is 3.98. The maximum absolute atomic E-state index is 2.48. The Hall–Kier alpha value is -0.950. The molecule has 0 saturated carbocycles. The molecule has 0 saturated heterocycles. The second kappa shape index (κ2) is 15.8. The van der Waals surface area contributed by atoms with Gasteiger partial charge in [-0.05, 0) is 31.1 Å². The van der Waals surface area contributed by atoms with Crippen LogP contribution in [-0.2, 0) is 45.1 Å². The summed E-state index contributed by atoms with van der Waals surface area (Å²) in [5.74, 6) is 0. The van der Waals surface area contributed by atoms with Crippen molar-refractivity contribution in [3.8, 4) is 0 Å². The molecule has 0 amide bonds. The minimum atomic E-state index is 0. The maximum atomic E-state index is 2.48. The maximum Gasteiger partial charge on any atom is 0 e. The van der Waals surface area contributed by atoms with Crippen LogP contribution in [0.4, 0.5) is 0 Å². The summed E-state index contributed by atoms with van der Waals surface area (Å²) < 4.78 is 0. The van der Waals surface area contributed by atoms with Crippen LogP contribution < -0.4 is 0 Å². The molecule has 0 aliphatic heterocycles.